The van der Waals surface area contributed by atoms with E-state index >= 15 is 0 Å². The van der Waals surface area contributed by atoms with E-state index in [4.69, 9.17) is 11.6 Å². The van der Waals surface area contributed by atoms with Gasteiger partial charge in [0.15, 0.2) is 22.3 Å². The molecule has 0 bridgehead atoms. The molecule has 0 fully saturated rings. The van der Waals surface area contributed by atoms with Crippen LogP contribution < -0.4 is 14.8 Å². The molecule has 0 aliphatic carbocycles. The van der Waals surface area contributed by atoms with E-state index in [0.29, 0.717) is 0 Å². The Labute approximate surface area is 173 Å². The number of nitrogens with zero attached hydrogens (tertiary/aromatic N) is 3. The second-order valence-corrected chi connectivity index (χ2v) is 7.27. The molecule has 158 valence electrons. The van der Waals surface area contributed by atoms with Crippen molar-refractivity contribution < 1.29 is 36.2 Å². The summed E-state index contributed by atoms with van der Waals surface area (Å²) in [6, 6.07) is 4.41. The van der Waals surface area contributed by atoms with Crippen LogP contribution in [0.2, 0.25) is 5.02 Å². The number of alkyl halides is 5. The molecule has 2 aromatic heterocycles. The number of thioether (sulfide) groups is 1. The SMILES string of the molecule is O=C(CSc1nnc2c(Cl)cc(C(F)(F)F)cn12)Nc1ccc2c(c1)OC(F)(F)O2. The number of nitrogens with one attached hydrogen (secondary N) is 1. The Morgan fingerprint density at radius 3 is 2.67 bits per heavy atom. The van der Waals surface area contributed by atoms with E-state index in [1.54, 1.807) is 0 Å². The maximum atomic E-state index is 13.0. The summed E-state index contributed by atoms with van der Waals surface area (Å²) < 4.78 is 74.6. The molecule has 0 unspecified atom stereocenters. The van der Waals surface area contributed by atoms with Crippen LogP contribution in [0.1, 0.15) is 5.56 Å². The molecule has 3 heterocycles. The van der Waals surface area contributed by atoms with Gasteiger partial charge in [0.1, 0.15) is 0 Å². The third-order valence-electron chi connectivity index (χ3n) is 3.77. The third-order valence-corrected chi connectivity index (χ3v) is 4.99. The fourth-order valence-electron chi connectivity index (χ4n) is 2.54. The van der Waals surface area contributed by atoms with Gasteiger partial charge in [-0.2, -0.15) is 13.2 Å². The normalized spacial score (nSPS) is 14.9. The molecule has 1 amide bonds. The van der Waals surface area contributed by atoms with Gasteiger partial charge < -0.3 is 14.8 Å². The summed E-state index contributed by atoms with van der Waals surface area (Å²) >= 11 is 6.64. The lowest BCUT2D eigenvalue weighted by Crippen LogP contribution is -2.25. The fourth-order valence-corrected chi connectivity index (χ4v) is 3.50. The van der Waals surface area contributed by atoms with Crippen LogP contribution in [0.3, 0.4) is 0 Å². The third kappa shape index (κ3) is 4.07. The summed E-state index contributed by atoms with van der Waals surface area (Å²) in [6.45, 7) is 0. The van der Waals surface area contributed by atoms with Crippen LogP contribution in [0.5, 0.6) is 11.5 Å². The van der Waals surface area contributed by atoms with Crippen molar-refractivity contribution >= 4 is 40.6 Å². The first-order valence-corrected chi connectivity index (χ1v) is 9.32. The van der Waals surface area contributed by atoms with Gasteiger partial charge in [-0.1, -0.05) is 23.4 Å². The molecule has 14 heteroatoms. The summed E-state index contributed by atoms with van der Waals surface area (Å²) in [5, 5.41) is 9.68. The van der Waals surface area contributed by atoms with Crippen LogP contribution in [0.4, 0.5) is 27.6 Å². The molecule has 1 aliphatic rings. The van der Waals surface area contributed by atoms with E-state index in [-0.39, 0.29) is 38.8 Å². The largest absolute Gasteiger partial charge is 0.586 e. The van der Waals surface area contributed by atoms with Crippen LogP contribution in [0.25, 0.3) is 5.65 Å². The first-order valence-electron chi connectivity index (χ1n) is 7.96. The van der Waals surface area contributed by atoms with Crippen molar-refractivity contribution in [3.63, 3.8) is 0 Å². The van der Waals surface area contributed by atoms with Gasteiger partial charge in [0.2, 0.25) is 5.91 Å². The maximum Gasteiger partial charge on any atom is 0.586 e. The number of hydrogen-bond donors (Lipinski definition) is 1. The average molecular weight is 467 g/mol. The summed E-state index contributed by atoms with van der Waals surface area (Å²) in [5.74, 6) is -1.25. The lowest BCUT2D eigenvalue weighted by Gasteiger charge is -2.09. The van der Waals surface area contributed by atoms with Crippen molar-refractivity contribution in [1.29, 1.82) is 0 Å². The lowest BCUT2D eigenvalue weighted by molar-refractivity contribution is -0.286. The van der Waals surface area contributed by atoms with E-state index in [0.717, 1.165) is 34.5 Å². The van der Waals surface area contributed by atoms with Crippen LogP contribution >= 0.6 is 23.4 Å². The molecule has 1 aromatic carbocycles. The zero-order valence-electron chi connectivity index (χ0n) is 14.3. The van der Waals surface area contributed by atoms with Crippen LogP contribution in [-0.4, -0.2) is 32.6 Å². The second kappa shape index (κ2) is 7.16. The number of pyridine rings is 1. The molecular formula is C16H8ClF5N4O3S. The molecule has 1 N–H and O–H groups in total. The number of ether oxygens (including phenoxy) is 2. The Bertz CT molecular complexity index is 1150. The number of carbonyl (C=O) groups excluding carboxylic acids is 1. The summed E-state index contributed by atoms with van der Waals surface area (Å²) in [6.07, 6.45) is -7.64. The van der Waals surface area contributed by atoms with Crippen molar-refractivity contribution in [1.82, 2.24) is 14.6 Å². The van der Waals surface area contributed by atoms with Crippen LogP contribution in [-0.2, 0) is 11.0 Å². The predicted molar refractivity (Wildman–Crippen MR) is 95.0 cm³/mol. The first kappa shape index (κ1) is 20.5. The molecule has 3 aromatic rings. The standard InChI is InChI=1S/C16H8ClF5N4O3S/c17-9-3-7(15(18,19)20)5-26-13(9)24-25-14(26)30-6-12(27)23-8-1-2-10-11(4-8)29-16(21,22)28-10/h1-5H,6H2,(H,23,27). The zero-order valence-corrected chi connectivity index (χ0v) is 15.9. The van der Waals surface area contributed by atoms with Crippen molar-refractivity contribution in [2.45, 2.75) is 17.6 Å². The van der Waals surface area contributed by atoms with E-state index in [1.165, 1.54) is 12.1 Å². The smallest absolute Gasteiger partial charge is 0.395 e. The number of fused-ring (bicyclic) bond motifs is 2. The number of carbonyl (C=O) groups is 1. The van der Waals surface area contributed by atoms with E-state index in [1.807, 2.05) is 0 Å². The van der Waals surface area contributed by atoms with E-state index < -0.39 is 23.9 Å². The highest BCUT2D eigenvalue weighted by atomic mass is 35.5. The topological polar surface area (TPSA) is 77.8 Å². The number of hydrogen-bond acceptors (Lipinski definition) is 6. The molecule has 1 aliphatic heterocycles. The van der Waals surface area contributed by atoms with E-state index in [2.05, 4.69) is 25.0 Å². The van der Waals surface area contributed by atoms with Gasteiger partial charge >= 0.3 is 12.5 Å². The average Bonchev–Trinajstić information content (AvgIpc) is 3.18. The monoisotopic (exact) mass is 466 g/mol. The molecular weight excluding hydrogens is 459 g/mol. The molecule has 4 rings (SSSR count). The Hall–Kier alpha value is -2.80. The summed E-state index contributed by atoms with van der Waals surface area (Å²) in [7, 11) is 0. The zero-order chi connectivity index (χ0) is 21.7. The number of benzene rings is 1. The minimum absolute atomic E-state index is 0.00396. The molecule has 0 saturated heterocycles. The summed E-state index contributed by atoms with van der Waals surface area (Å²) in [5.41, 5.74) is -0.832. The molecule has 0 spiro atoms. The highest BCUT2D eigenvalue weighted by molar-refractivity contribution is 7.99. The Morgan fingerprint density at radius 1 is 1.20 bits per heavy atom. The van der Waals surface area contributed by atoms with Gasteiger partial charge in [-0.15, -0.1) is 19.0 Å². The van der Waals surface area contributed by atoms with Crippen molar-refractivity contribution in [2.24, 2.45) is 0 Å². The molecule has 7 nitrogen and oxygen atoms in total. The number of amides is 1. The van der Waals surface area contributed by atoms with Gasteiger partial charge in [-0.05, 0) is 18.2 Å². The second-order valence-electron chi connectivity index (χ2n) is 5.92. The van der Waals surface area contributed by atoms with Crippen molar-refractivity contribution in [3.8, 4) is 11.5 Å². The quantitative estimate of drug-likeness (QED) is 0.452. The minimum Gasteiger partial charge on any atom is -0.395 e. The first-order chi connectivity index (χ1) is 14.0. The van der Waals surface area contributed by atoms with Gasteiger partial charge in [0.25, 0.3) is 0 Å². The maximum absolute atomic E-state index is 13.0. The Balaban J connectivity index is 1.46. The molecule has 0 radical (unpaired) electrons. The van der Waals surface area contributed by atoms with Gasteiger partial charge in [0, 0.05) is 18.0 Å². The van der Waals surface area contributed by atoms with Gasteiger partial charge in [-0.3, -0.25) is 9.20 Å². The highest BCUT2D eigenvalue weighted by Crippen LogP contribution is 2.42. The Morgan fingerprint density at radius 2 is 1.93 bits per heavy atom. The van der Waals surface area contributed by atoms with Crippen LogP contribution in [0.15, 0.2) is 35.6 Å². The number of anilines is 1. The number of halogens is 6. The lowest BCUT2D eigenvalue weighted by atomic mass is 10.3. The van der Waals surface area contributed by atoms with Gasteiger partial charge in [-0.25, -0.2) is 0 Å². The van der Waals surface area contributed by atoms with Crippen molar-refractivity contribution in [3.05, 3.63) is 41.0 Å². The summed E-state index contributed by atoms with van der Waals surface area (Å²) in [4.78, 5) is 12.1. The van der Waals surface area contributed by atoms with Crippen LogP contribution in [0, 0.1) is 0 Å². The molecule has 30 heavy (non-hydrogen) atoms. The number of aromatic nitrogens is 3. The molecule has 0 atom stereocenters. The molecule has 0 saturated carbocycles. The number of rotatable bonds is 4. The van der Waals surface area contributed by atoms with Crippen molar-refractivity contribution in [2.75, 3.05) is 11.1 Å². The minimum atomic E-state index is -4.63. The van der Waals surface area contributed by atoms with E-state index in [9.17, 15) is 26.7 Å². The predicted octanol–water partition coefficient (Wildman–Crippen LogP) is 4.45. The fraction of sp³-hybridized carbons (Fsp3) is 0.188. The highest BCUT2D eigenvalue weighted by Gasteiger charge is 2.43. The van der Waals surface area contributed by atoms with Gasteiger partial charge in [0.05, 0.1) is 16.3 Å². The Kier molecular flexibility index (Phi) is 4.89.